The highest BCUT2D eigenvalue weighted by molar-refractivity contribution is 5.97. The number of carbonyl (C=O) groups excluding carboxylic acids is 2. The third-order valence-corrected chi connectivity index (χ3v) is 2.40. The van der Waals surface area contributed by atoms with Crippen molar-refractivity contribution in [1.29, 1.82) is 10.8 Å². The maximum atomic E-state index is 11.7. The SMILES string of the molecule is N#[N+]/C=C(/O)OCC1NC(=O)C(CO/C(O)=C\[N+]#N)NC1=O. The molecule has 2 atom stereocenters. The van der Waals surface area contributed by atoms with E-state index in [4.69, 9.17) is 21.0 Å². The molecule has 0 aromatic carbocycles. The lowest BCUT2D eigenvalue weighted by Gasteiger charge is -2.28. The van der Waals surface area contributed by atoms with Crippen molar-refractivity contribution in [3.63, 3.8) is 0 Å². The largest absolute Gasteiger partial charge is 0.476 e. The van der Waals surface area contributed by atoms with Crippen molar-refractivity contribution < 1.29 is 29.3 Å². The molecule has 12 heteroatoms. The summed E-state index contributed by atoms with van der Waals surface area (Å²) in [7, 11) is 0. The fourth-order valence-corrected chi connectivity index (χ4v) is 1.42. The minimum Gasteiger partial charge on any atom is -0.476 e. The Morgan fingerprint density at radius 3 is 1.68 bits per heavy atom. The molecule has 116 valence electrons. The number of rotatable bonds is 6. The van der Waals surface area contributed by atoms with E-state index >= 15 is 0 Å². The number of hydrogen-bond acceptors (Lipinski definition) is 8. The lowest BCUT2D eigenvalue weighted by Crippen LogP contribution is -2.64. The molecule has 0 radical (unpaired) electrons. The van der Waals surface area contributed by atoms with E-state index in [9.17, 15) is 9.59 Å². The maximum absolute atomic E-state index is 11.7. The highest BCUT2D eigenvalue weighted by atomic mass is 16.6. The number of aliphatic hydroxyl groups is 2. The summed E-state index contributed by atoms with van der Waals surface area (Å²) < 4.78 is 9.35. The minimum atomic E-state index is -1.07. The monoisotopic (exact) mass is 312 g/mol. The first kappa shape index (κ1) is 16.5. The van der Waals surface area contributed by atoms with Crippen LogP contribution >= 0.6 is 0 Å². The molecule has 0 bridgehead atoms. The predicted molar refractivity (Wildman–Crippen MR) is 67.4 cm³/mol. The van der Waals surface area contributed by atoms with Gasteiger partial charge in [-0.2, -0.15) is 0 Å². The Labute approximate surface area is 123 Å². The molecule has 0 saturated carbocycles. The van der Waals surface area contributed by atoms with Crippen molar-refractivity contribution in [1.82, 2.24) is 10.6 Å². The van der Waals surface area contributed by atoms with E-state index in [2.05, 4.69) is 30.1 Å². The van der Waals surface area contributed by atoms with E-state index in [0.717, 1.165) is 0 Å². The summed E-state index contributed by atoms with van der Waals surface area (Å²) in [4.78, 5) is 28.5. The highest BCUT2D eigenvalue weighted by Crippen LogP contribution is 2.03. The van der Waals surface area contributed by atoms with E-state index in [-0.39, 0.29) is 0 Å². The molecular weight excluding hydrogens is 300 g/mol. The molecule has 2 unspecified atom stereocenters. The Hall–Kier alpha value is -3.54. The van der Waals surface area contributed by atoms with Crippen molar-refractivity contribution in [3.05, 3.63) is 34.2 Å². The molecule has 0 aromatic rings. The van der Waals surface area contributed by atoms with Crippen LogP contribution in [0.3, 0.4) is 0 Å². The van der Waals surface area contributed by atoms with Crippen LogP contribution in [-0.4, -0.2) is 47.3 Å². The zero-order valence-electron chi connectivity index (χ0n) is 11.0. The zero-order chi connectivity index (χ0) is 16.5. The van der Waals surface area contributed by atoms with Gasteiger partial charge in [-0.3, -0.25) is 9.59 Å². The average molecular weight is 312 g/mol. The predicted octanol–water partition coefficient (Wildman–Crippen LogP) is -0.577. The molecule has 0 aliphatic carbocycles. The van der Waals surface area contributed by atoms with Crippen LogP contribution in [0.5, 0.6) is 0 Å². The van der Waals surface area contributed by atoms with Crippen LogP contribution in [0, 0.1) is 10.8 Å². The molecule has 2 amide bonds. The second kappa shape index (κ2) is 7.91. The standard InChI is InChI=1S/C10H10N6O6/c11-13-1-7(17)21-3-5-9(19)16-6(10(20)15-5)4-22-8(18)2-14-12/h1-2,5-6H,3-4H2,(H2-2,15,16,17,18,19,20)/p+2/b7-1-,8-2-. The number of nitrogens with zero attached hydrogens (tertiary/aromatic N) is 4. The van der Waals surface area contributed by atoms with Crippen molar-refractivity contribution in [2.75, 3.05) is 13.2 Å². The number of nitrogens with one attached hydrogen (secondary N) is 2. The fourth-order valence-electron chi connectivity index (χ4n) is 1.42. The topological polar surface area (TPSA) is 173 Å². The van der Waals surface area contributed by atoms with Gasteiger partial charge in [0.1, 0.15) is 25.3 Å². The van der Waals surface area contributed by atoms with Crippen LogP contribution in [0.2, 0.25) is 0 Å². The fraction of sp³-hybridized carbons (Fsp3) is 0.400. The number of ether oxygens (including phenoxy) is 2. The second-order valence-electron chi connectivity index (χ2n) is 3.91. The Bertz CT molecular complexity index is 536. The molecule has 1 rings (SSSR count). The molecule has 1 saturated heterocycles. The van der Waals surface area contributed by atoms with Crippen LogP contribution in [0.1, 0.15) is 0 Å². The van der Waals surface area contributed by atoms with E-state index in [0.29, 0.717) is 12.4 Å². The summed E-state index contributed by atoms with van der Waals surface area (Å²) in [6.07, 6.45) is 1.20. The number of piperazine rings is 1. The molecule has 1 fully saturated rings. The van der Waals surface area contributed by atoms with Gasteiger partial charge >= 0.3 is 24.3 Å². The molecule has 4 N–H and O–H groups in total. The van der Waals surface area contributed by atoms with Crippen molar-refractivity contribution in [3.8, 4) is 0 Å². The maximum Gasteiger partial charge on any atom is 0.429 e. The lowest BCUT2D eigenvalue weighted by atomic mass is 10.1. The molecule has 1 aliphatic heterocycles. The normalized spacial score (nSPS) is 21.9. The molecule has 0 spiro atoms. The van der Waals surface area contributed by atoms with Gasteiger partial charge in [0.15, 0.2) is 9.95 Å². The highest BCUT2D eigenvalue weighted by Gasteiger charge is 2.35. The summed E-state index contributed by atoms with van der Waals surface area (Å²) in [5.74, 6) is -2.70. The molecule has 0 aromatic heterocycles. The van der Waals surface area contributed by atoms with Crippen molar-refractivity contribution in [2.24, 2.45) is 0 Å². The van der Waals surface area contributed by atoms with Gasteiger partial charge in [-0.25, -0.2) is 0 Å². The third kappa shape index (κ3) is 4.86. The zero-order valence-corrected chi connectivity index (χ0v) is 11.0. The van der Waals surface area contributed by atoms with Crippen LogP contribution in [0.25, 0.3) is 9.95 Å². The first-order valence-electron chi connectivity index (χ1n) is 5.81. The van der Waals surface area contributed by atoms with Gasteiger partial charge in [0.2, 0.25) is 22.6 Å². The Morgan fingerprint density at radius 1 is 1.00 bits per heavy atom. The summed E-state index contributed by atoms with van der Waals surface area (Å²) in [5.41, 5.74) is 0. The van der Waals surface area contributed by atoms with Gasteiger partial charge in [-0.1, -0.05) is 0 Å². The van der Waals surface area contributed by atoms with E-state index < -0.39 is 49.0 Å². The second-order valence-corrected chi connectivity index (χ2v) is 3.91. The molecule has 22 heavy (non-hydrogen) atoms. The smallest absolute Gasteiger partial charge is 0.429 e. The number of aliphatic hydroxyl groups excluding tert-OH is 2. The Morgan fingerprint density at radius 2 is 1.36 bits per heavy atom. The summed E-state index contributed by atoms with van der Waals surface area (Å²) in [5, 5.41) is 39.0. The van der Waals surface area contributed by atoms with Crippen LogP contribution < -0.4 is 10.6 Å². The number of diazo groups is 2. The van der Waals surface area contributed by atoms with Crippen LogP contribution in [0.4, 0.5) is 0 Å². The summed E-state index contributed by atoms with van der Waals surface area (Å²) in [6, 6.07) is -2.15. The Kier molecular flexibility index (Phi) is 5.94. The van der Waals surface area contributed by atoms with E-state index in [1.807, 2.05) is 0 Å². The average Bonchev–Trinajstić information content (AvgIpc) is 2.47. The van der Waals surface area contributed by atoms with Crippen LogP contribution in [-0.2, 0) is 19.1 Å². The molecule has 1 aliphatic rings. The van der Waals surface area contributed by atoms with E-state index in [1.54, 1.807) is 0 Å². The van der Waals surface area contributed by atoms with Gasteiger partial charge in [-0.15, -0.1) is 0 Å². The first-order chi connectivity index (χ1) is 10.5. The van der Waals surface area contributed by atoms with Gasteiger partial charge < -0.3 is 30.3 Å². The Balaban J connectivity index is 2.51. The summed E-state index contributed by atoms with van der Waals surface area (Å²) in [6.45, 7) is -0.783. The molecule has 1 heterocycles. The van der Waals surface area contributed by atoms with Gasteiger partial charge in [0, 0.05) is 0 Å². The van der Waals surface area contributed by atoms with E-state index in [1.165, 1.54) is 0 Å². The third-order valence-electron chi connectivity index (χ3n) is 2.40. The number of amides is 2. The first-order valence-corrected chi connectivity index (χ1v) is 5.81. The van der Waals surface area contributed by atoms with Gasteiger partial charge in [0.25, 0.3) is 0 Å². The summed E-state index contributed by atoms with van der Waals surface area (Å²) >= 11 is 0. The van der Waals surface area contributed by atoms with Crippen LogP contribution in [0.15, 0.2) is 24.3 Å². The van der Waals surface area contributed by atoms with Gasteiger partial charge in [-0.05, 0) is 0 Å². The van der Waals surface area contributed by atoms with Crippen molar-refractivity contribution in [2.45, 2.75) is 12.1 Å². The molecular formula is C10H12N6O6+2. The molecule has 12 nitrogen and oxygen atoms in total. The number of carbonyl (C=O) groups is 2. The lowest BCUT2D eigenvalue weighted by molar-refractivity contribution is -0.139. The minimum absolute atomic E-state index is 0.391. The number of hydrogen-bond donors (Lipinski definition) is 4. The van der Waals surface area contributed by atoms with Gasteiger partial charge in [0.05, 0.1) is 0 Å². The van der Waals surface area contributed by atoms with Crippen molar-refractivity contribution >= 4 is 11.8 Å². The quantitative estimate of drug-likeness (QED) is 0.372.